The van der Waals surface area contributed by atoms with Crippen molar-refractivity contribution in [1.82, 2.24) is 0 Å². The highest BCUT2D eigenvalue weighted by molar-refractivity contribution is 8.03. The summed E-state index contributed by atoms with van der Waals surface area (Å²) in [5.74, 6) is -0.334. The van der Waals surface area contributed by atoms with E-state index in [0.29, 0.717) is 10.8 Å². The van der Waals surface area contributed by atoms with Crippen LogP contribution in [0, 0.1) is 21.4 Å². The van der Waals surface area contributed by atoms with Gasteiger partial charge in [-0.05, 0) is 24.3 Å². The molecule has 0 fully saturated rings. The summed E-state index contributed by atoms with van der Waals surface area (Å²) in [4.78, 5) is 25.9. The first-order valence-corrected chi connectivity index (χ1v) is 8.91. The molecule has 3 rings (SSSR count). The van der Waals surface area contributed by atoms with Gasteiger partial charge in [0, 0.05) is 11.9 Å². The fourth-order valence-electron chi connectivity index (χ4n) is 2.66. The largest absolute Gasteiger partial charge is 0.496 e. The zero-order chi connectivity index (χ0) is 20.3. The van der Waals surface area contributed by atoms with Gasteiger partial charge in [0.25, 0.3) is 0 Å². The normalized spacial score (nSPS) is 14.1. The summed E-state index contributed by atoms with van der Waals surface area (Å²) >= 11 is 1.32. The number of Topliss-reactive ketones (excluding diaryl/α,β-unsaturated/α-hetero) is 1. The molecule has 1 aliphatic rings. The standard InChI is InChI=1S/C19H15N3O5S/c1-21-14-5-3-4-6-18(14)28-19(21)13(10-20)16(23)11-27-17-8-7-12(26-2)9-15(17)22(24)25/h3-9H,11H2,1-2H3/b19-13+. The zero-order valence-corrected chi connectivity index (χ0v) is 15.9. The molecule has 142 valence electrons. The van der Waals surface area contributed by atoms with Crippen molar-refractivity contribution in [3.05, 3.63) is 63.2 Å². The van der Waals surface area contributed by atoms with E-state index < -0.39 is 17.3 Å². The van der Waals surface area contributed by atoms with E-state index in [0.717, 1.165) is 10.6 Å². The van der Waals surface area contributed by atoms with Gasteiger partial charge >= 0.3 is 5.69 Å². The molecule has 1 heterocycles. The monoisotopic (exact) mass is 397 g/mol. The highest BCUT2D eigenvalue weighted by Gasteiger charge is 2.28. The lowest BCUT2D eigenvalue weighted by Crippen LogP contribution is -2.19. The molecule has 28 heavy (non-hydrogen) atoms. The number of nitriles is 1. The maximum absolute atomic E-state index is 12.6. The summed E-state index contributed by atoms with van der Waals surface area (Å²) in [6.45, 7) is -0.496. The molecule has 2 aromatic rings. The molecule has 0 saturated heterocycles. The van der Waals surface area contributed by atoms with E-state index in [1.807, 2.05) is 30.3 Å². The number of hydrogen-bond acceptors (Lipinski definition) is 8. The van der Waals surface area contributed by atoms with Gasteiger partial charge in [0.2, 0.25) is 5.78 Å². The van der Waals surface area contributed by atoms with Crippen LogP contribution in [-0.2, 0) is 4.79 Å². The Bertz CT molecular complexity index is 1030. The number of para-hydroxylation sites is 1. The summed E-state index contributed by atoms with van der Waals surface area (Å²) in [6.07, 6.45) is 0. The van der Waals surface area contributed by atoms with Gasteiger partial charge in [0.15, 0.2) is 12.4 Å². The first-order valence-electron chi connectivity index (χ1n) is 8.09. The molecular formula is C19H15N3O5S. The van der Waals surface area contributed by atoms with Crippen LogP contribution in [0.5, 0.6) is 11.5 Å². The third-order valence-electron chi connectivity index (χ3n) is 4.06. The van der Waals surface area contributed by atoms with Crippen LogP contribution in [0.2, 0.25) is 0 Å². The molecule has 0 spiro atoms. The van der Waals surface area contributed by atoms with Crippen LogP contribution >= 0.6 is 11.8 Å². The molecule has 0 saturated carbocycles. The zero-order valence-electron chi connectivity index (χ0n) is 15.0. The first-order chi connectivity index (χ1) is 13.5. The predicted octanol–water partition coefficient (Wildman–Crippen LogP) is 3.53. The van der Waals surface area contributed by atoms with Crippen LogP contribution < -0.4 is 14.4 Å². The van der Waals surface area contributed by atoms with Crippen molar-refractivity contribution in [2.24, 2.45) is 0 Å². The highest BCUT2D eigenvalue weighted by Crippen LogP contribution is 2.46. The summed E-state index contributed by atoms with van der Waals surface area (Å²) < 4.78 is 10.3. The molecule has 0 N–H and O–H groups in total. The van der Waals surface area contributed by atoms with Gasteiger partial charge in [0.1, 0.15) is 22.4 Å². The number of ether oxygens (including phenoxy) is 2. The van der Waals surface area contributed by atoms with E-state index in [1.54, 1.807) is 11.9 Å². The molecule has 0 aromatic heterocycles. The number of benzene rings is 2. The number of carbonyl (C=O) groups is 1. The fourth-order valence-corrected chi connectivity index (χ4v) is 3.82. The lowest BCUT2D eigenvalue weighted by atomic mass is 10.2. The Balaban J connectivity index is 1.82. The van der Waals surface area contributed by atoms with Crippen LogP contribution in [0.15, 0.2) is 58.0 Å². The topological polar surface area (TPSA) is 106 Å². The lowest BCUT2D eigenvalue weighted by molar-refractivity contribution is -0.385. The van der Waals surface area contributed by atoms with Crippen molar-refractivity contribution in [2.45, 2.75) is 4.90 Å². The van der Waals surface area contributed by atoms with E-state index >= 15 is 0 Å². The number of rotatable bonds is 6. The number of nitrogens with zero attached hydrogens (tertiary/aromatic N) is 3. The second-order valence-corrected chi connectivity index (χ2v) is 6.75. The molecule has 0 radical (unpaired) electrons. The van der Waals surface area contributed by atoms with Crippen molar-refractivity contribution in [3.8, 4) is 17.6 Å². The van der Waals surface area contributed by atoms with Gasteiger partial charge in [-0.25, -0.2) is 0 Å². The molecule has 0 bridgehead atoms. The second-order valence-electron chi connectivity index (χ2n) is 5.72. The number of ketones is 1. The molecule has 2 aromatic carbocycles. The van der Waals surface area contributed by atoms with Crippen molar-refractivity contribution < 1.29 is 19.2 Å². The number of anilines is 1. The summed E-state index contributed by atoms with van der Waals surface area (Å²) in [6, 6.07) is 13.5. The summed E-state index contributed by atoms with van der Waals surface area (Å²) in [5.41, 5.74) is 0.521. The Morgan fingerprint density at radius 2 is 2.07 bits per heavy atom. The van der Waals surface area contributed by atoms with Gasteiger partial charge in [-0.2, -0.15) is 5.26 Å². The predicted molar refractivity (Wildman–Crippen MR) is 103 cm³/mol. The molecule has 0 atom stereocenters. The number of nitro benzene ring substituents is 1. The van der Waals surface area contributed by atoms with Crippen LogP contribution in [0.3, 0.4) is 0 Å². The Hall–Kier alpha value is -3.51. The third kappa shape index (κ3) is 3.63. The maximum atomic E-state index is 12.6. The Labute approximate surface area is 165 Å². The van der Waals surface area contributed by atoms with E-state index in [-0.39, 0.29) is 17.0 Å². The molecular weight excluding hydrogens is 382 g/mol. The van der Waals surface area contributed by atoms with Crippen LogP contribution in [0.4, 0.5) is 11.4 Å². The highest BCUT2D eigenvalue weighted by atomic mass is 32.2. The minimum absolute atomic E-state index is 0.0557. The number of nitro groups is 1. The Morgan fingerprint density at radius 3 is 2.71 bits per heavy atom. The minimum atomic E-state index is -0.622. The number of thioether (sulfide) groups is 1. The Morgan fingerprint density at radius 1 is 1.32 bits per heavy atom. The molecule has 1 aliphatic heterocycles. The number of hydrogen-bond donors (Lipinski definition) is 0. The van der Waals surface area contributed by atoms with E-state index in [2.05, 4.69) is 0 Å². The molecule has 8 nitrogen and oxygen atoms in total. The van der Waals surface area contributed by atoms with Gasteiger partial charge < -0.3 is 14.4 Å². The van der Waals surface area contributed by atoms with E-state index in [9.17, 15) is 20.2 Å². The lowest BCUT2D eigenvalue weighted by Gasteiger charge is -2.15. The van der Waals surface area contributed by atoms with Crippen LogP contribution in [-0.4, -0.2) is 31.5 Å². The van der Waals surface area contributed by atoms with Gasteiger partial charge in [-0.3, -0.25) is 14.9 Å². The summed E-state index contributed by atoms with van der Waals surface area (Å²) in [7, 11) is 3.16. The summed E-state index contributed by atoms with van der Waals surface area (Å²) in [5, 5.41) is 21.2. The molecule has 0 amide bonds. The molecule has 9 heteroatoms. The first kappa shape index (κ1) is 19.3. The second kappa shape index (κ2) is 8.02. The van der Waals surface area contributed by atoms with Crippen molar-refractivity contribution >= 4 is 28.9 Å². The average Bonchev–Trinajstić information content (AvgIpc) is 3.03. The van der Waals surface area contributed by atoms with Crippen LogP contribution in [0.1, 0.15) is 0 Å². The fraction of sp³-hybridized carbons (Fsp3) is 0.158. The Kier molecular flexibility index (Phi) is 5.52. The average molecular weight is 397 g/mol. The quantitative estimate of drug-likeness (QED) is 0.315. The van der Waals surface area contributed by atoms with Crippen LogP contribution in [0.25, 0.3) is 0 Å². The SMILES string of the molecule is COc1ccc(OCC(=O)/C(C#N)=C2/Sc3ccccc3N2C)c([N+](=O)[O-])c1. The van der Waals surface area contributed by atoms with E-state index in [4.69, 9.17) is 9.47 Å². The van der Waals surface area contributed by atoms with Gasteiger partial charge in [-0.1, -0.05) is 23.9 Å². The van der Waals surface area contributed by atoms with Gasteiger partial charge in [0.05, 0.1) is 23.8 Å². The molecule has 0 aliphatic carbocycles. The third-order valence-corrected chi connectivity index (χ3v) is 5.30. The molecule has 0 unspecified atom stereocenters. The van der Waals surface area contributed by atoms with Gasteiger partial charge in [-0.15, -0.1) is 0 Å². The number of methoxy groups -OCH3 is 1. The van der Waals surface area contributed by atoms with Crippen molar-refractivity contribution in [3.63, 3.8) is 0 Å². The van der Waals surface area contributed by atoms with Crippen molar-refractivity contribution in [2.75, 3.05) is 25.7 Å². The smallest absolute Gasteiger partial charge is 0.314 e. The van der Waals surface area contributed by atoms with E-state index in [1.165, 1.54) is 37.1 Å². The number of carbonyl (C=O) groups excluding carboxylic acids is 1. The maximum Gasteiger partial charge on any atom is 0.314 e. The van der Waals surface area contributed by atoms with Crippen molar-refractivity contribution in [1.29, 1.82) is 5.26 Å². The number of fused-ring (bicyclic) bond motifs is 1. The minimum Gasteiger partial charge on any atom is -0.496 e.